The number of aryl methyl sites for hydroxylation is 2. The molecule has 0 unspecified atom stereocenters. The summed E-state index contributed by atoms with van der Waals surface area (Å²) in [5.74, 6) is -1.73. The zero-order valence-electron chi connectivity index (χ0n) is 38.0. The Labute approximate surface area is 382 Å². The van der Waals surface area contributed by atoms with Gasteiger partial charge in [-0.3, -0.25) is 23.5 Å². The average Bonchev–Trinajstić information content (AvgIpc) is 3.91. The molecule has 1 fully saturated rings. The highest BCUT2D eigenvalue weighted by Gasteiger charge is 2.49. The molecule has 4 amide bonds. The lowest BCUT2D eigenvalue weighted by atomic mass is 9.89. The van der Waals surface area contributed by atoms with Crippen LogP contribution in [0, 0.1) is 5.92 Å². The Morgan fingerprint density at radius 2 is 1.74 bits per heavy atom. The third kappa shape index (κ3) is 10.9. The number of methoxy groups -OCH3 is 1. The molecule has 14 nitrogen and oxygen atoms in total. The maximum atomic E-state index is 14.8. The van der Waals surface area contributed by atoms with Crippen LogP contribution in [-0.2, 0) is 43.3 Å². The van der Waals surface area contributed by atoms with Gasteiger partial charge in [0, 0.05) is 36.4 Å². The van der Waals surface area contributed by atoms with Crippen molar-refractivity contribution < 1.29 is 42.5 Å². The number of benzene rings is 3. The zero-order valence-corrected chi connectivity index (χ0v) is 38.8. The summed E-state index contributed by atoms with van der Waals surface area (Å²) in [6.07, 6.45) is 6.42. The number of hydrogen-bond donors (Lipinski definition) is 5. The van der Waals surface area contributed by atoms with Gasteiger partial charge in [-0.05, 0) is 117 Å². The lowest BCUT2D eigenvalue weighted by Gasteiger charge is -2.38. The van der Waals surface area contributed by atoms with Gasteiger partial charge in [0.2, 0.25) is 11.8 Å². The number of amides is 4. The van der Waals surface area contributed by atoms with E-state index in [1.165, 1.54) is 34.6 Å². The maximum Gasteiger partial charge on any atom is 0.408 e. The van der Waals surface area contributed by atoms with Crippen molar-refractivity contribution in [3.05, 3.63) is 114 Å². The molecule has 15 heteroatoms. The average molecular weight is 908 g/mol. The van der Waals surface area contributed by atoms with E-state index >= 15 is 0 Å². The number of nitrogens with one attached hydrogen (secondary N) is 3. The van der Waals surface area contributed by atoms with E-state index in [9.17, 15) is 28.3 Å². The summed E-state index contributed by atoms with van der Waals surface area (Å²) in [5.41, 5.74) is 4.24. The van der Waals surface area contributed by atoms with E-state index in [1.807, 2.05) is 24.3 Å². The first-order valence-corrected chi connectivity index (χ1v) is 23.7. The summed E-state index contributed by atoms with van der Waals surface area (Å²) in [4.78, 5) is 63.3. The van der Waals surface area contributed by atoms with Gasteiger partial charge in [-0.15, -0.1) is 0 Å². The van der Waals surface area contributed by atoms with Crippen molar-refractivity contribution in [3.63, 3.8) is 0 Å². The number of rotatable bonds is 14. The molecule has 2 aliphatic carbocycles. The Bertz CT molecular complexity index is 2490. The molecule has 65 heavy (non-hydrogen) atoms. The monoisotopic (exact) mass is 907 g/mol. The van der Waals surface area contributed by atoms with Crippen LogP contribution in [0.4, 0.5) is 4.79 Å². The second kappa shape index (κ2) is 19.4. The summed E-state index contributed by atoms with van der Waals surface area (Å²) in [6, 6.07) is 20.0. The van der Waals surface area contributed by atoms with Gasteiger partial charge in [-0.2, -0.15) is 0 Å². The lowest BCUT2D eigenvalue weighted by molar-refractivity contribution is -0.142. The number of hydrogen-bond acceptors (Lipinski definition) is 10. The number of pyridine rings is 1. The fraction of sp³-hybridized carbons (Fsp3) is 0.420. The van der Waals surface area contributed by atoms with E-state index in [-0.39, 0.29) is 37.3 Å². The van der Waals surface area contributed by atoms with E-state index in [4.69, 9.17) is 19.2 Å². The number of carbonyl (C=O) groups is 4. The number of alkyl carbamates (subject to hydrolysis) is 1. The van der Waals surface area contributed by atoms with Gasteiger partial charge in [-0.1, -0.05) is 73.7 Å². The largest absolute Gasteiger partial charge is 0.497 e. The summed E-state index contributed by atoms with van der Waals surface area (Å²) >= 11 is 0. The fourth-order valence-corrected chi connectivity index (χ4v) is 9.91. The van der Waals surface area contributed by atoms with E-state index < -0.39 is 69.8 Å². The van der Waals surface area contributed by atoms with Crippen LogP contribution in [0.15, 0.2) is 102 Å². The highest BCUT2D eigenvalue weighted by molar-refractivity contribution is 8.23. The highest BCUT2D eigenvalue weighted by Crippen LogP contribution is 2.45. The molecule has 346 valence electrons. The van der Waals surface area contributed by atoms with Crippen molar-refractivity contribution in [2.45, 2.75) is 120 Å². The van der Waals surface area contributed by atoms with Gasteiger partial charge >= 0.3 is 6.09 Å². The van der Waals surface area contributed by atoms with Crippen LogP contribution in [0.5, 0.6) is 5.75 Å². The first-order valence-electron chi connectivity index (χ1n) is 22.2. The van der Waals surface area contributed by atoms with Crippen LogP contribution in [0.1, 0.15) is 83.4 Å². The lowest BCUT2D eigenvalue weighted by Crippen LogP contribution is -2.62. The summed E-state index contributed by atoms with van der Waals surface area (Å²) in [6.45, 7) is 12.7. The van der Waals surface area contributed by atoms with Gasteiger partial charge in [0.05, 0.1) is 35.9 Å². The van der Waals surface area contributed by atoms with Gasteiger partial charge in [-0.25, -0.2) is 14.5 Å². The predicted molar refractivity (Wildman–Crippen MR) is 251 cm³/mol. The van der Waals surface area contributed by atoms with Crippen molar-refractivity contribution in [2.24, 2.45) is 5.92 Å². The summed E-state index contributed by atoms with van der Waals surface area (Å²) in [7, 11) is -2.21. The fourth-order valence-electron chi connectivity index (χ4n) is 8.81. The number of allylic oxidation sites excluding steroid dienone is 1. The normalized spacial score (nSPS) is 20.4. The standard InChI is InChI=1S/C50H61N5O9S/c1-8-32-22-23-50(28-32,47(58)54-65(60,61)39-16-10-9-11-17-39)53-45(56)43-27-38(29-55(43)46(57)44(31(2)3)52-48(59)64-49(4,5)6)63-30-36-25-41(51-42-26-37(62-7)20-21-40(36)42)35-19-18-33-14-12-13-15-34(33)24-35/h8-11,16-22,24-26,31,38,43-44,60-61H,1,12-15,23,27-30H2,2-7H3,(H,52,59)(H,53,56)(H,54,58)/t38-,43+,44+,50-/m1/s1. The zero-order chi connectivity index (χ0) is 46.7. The summed E-state index contributed by atoms with van der Waals surface area (Å²) < 4.78 is 42.4. The van der Waals surface area contributed by atoms with Crippen molar-refractivity contribution >= 4 is 45.5 Å². The Morgan fingerprint density at radius 3 is 2.42 bits per heavy atom. The third-order valence-corrected chi connectivity index (χ3v) is 13.7. The minimum atomic E-state index is -3.82. The van der Waals surface area contributed by atoms with Crippen LogP contribution in [0.3, 0.4) is 0 Å². The van der Waals surface area contributed by atoms with Gasteiger partial charge in [0.15, 0.2) is 0 Å². The third-order valence-electron chi connectivity index (χ3n) is 12.3. The highest BCUT2D eigenvalue weighted by atomic mass is 32.3. The van der Waals surface area contributed by atoms with E-state index in [0.29, 0.717) is 11.3 Å². The van der Waals surface area contributed by atoms with Crippen LogP contribution in [0.2, 0.25) is 0 Å². The molecule has 0 bridgehead atoms. The SMILES string of the molecule is C=CC1=CC[C@](NC(=O)[C@@H]2C[C@@H](OCc3cc(-c4ccc5c(c4)CCCC5)nc4cc(OC)ccc34)CN2C(=O)[C@@H](NC(=O)OC(C)(C)C)C(C)C)(C(=O)NS(O)(O)c2ccccc2)C1. The second-order valence-electron chi connectivity index (χ2n) is 18.5. The minimum Gasteiger partial charge on any atom is -0.497 e. The molecule has 0 radical (unpaired) electrons. The maximum absolute atomic E-state index is 14.8. The Morgan fingerprint density at radius 1 is 1.00 bits per heavy atom. The number of ether oxygens (including phenoxy) is 3. The molecular weight excluding hydrogens is 847 g/mol. The Kier molecular flexibility index (Phi) is 14.1. The number of fused-ring (bicyclic) bond motifs is 2. The molecule has 0 saturated carbocycles. The van der Waals surface area contributed by atoms with E-state index in [1.54, 1.807) is 72.1 Å². The molecule has 2 heterocycles. The quantitative estimate of drug-likeness (QED) is 0.0822. The number of likely N-dealkylation sites (tertiary alicyclic amines) is 1. The molecule has 1 aliphatic heterocycles. The Balaban J connectivity index is 1.19. The molecule has 7 rings (SSSR count). The van der Waals surface area contributed by atoms with Crippen LogP contribution in [-0.4, -0.2) is 85.8 Å². The molecule has 1 saturated heterocycles. The smallest absolute Gasteiger partial charge is 0.408 e. The van der Waals surface area contributed by atoms with Gasteiger partial charge < -0.3 is 29.7 Å². The van der Waals surface area contributed by atoms with Gasteiger partial charge in [0.25, 0.3) is 5.91 Å². The van der Waals surface area contributed by atoms with Crippen molar-refractivity contribution in [2.75, 3.05) is 13.7 Å². The summed E-state index contributed by atoms with van der Waals surface area (Å²) in [5, 5.41) is 6.52. The molecule has 4 atom stereocenters. The van der Waals surface area contributed by atoms with Crippen LogP contribution < -0.4 is 20.1 Å². The van der Waals surface area contributed by atoms with Gasteiger partial charge in [0.1, 0.15) is 29.0 Å². The van der Waals surface area contributed by atoms with E-state index in [0.717, 1.165) is 47.0 Å². The topological polar surface area (TPSA) is 189 Å². The molecule has 4 aromatic rings. The van der Waals surface area contributed by atoms with Crippen molar-refractivity contribution in [1.29, 1.82) is 0 Å². The van der Waals surface area contributed by atoms with Crippen LogP contribution >= 0.6 is 10.8 Å². The van der Waals surface area contributed by atoms with Crippen LogP contribution in [0.25, 0.3) is 22.2 Å². The first kappa shape index (κ1) is 47.2. The molecule has 1 aromatic heterocycles. The van der Waals surface area contributed by atoms with Crippen molar-refractivity contribution in [3.8, 4) is 17.0 Å². The molecule has 3 aromatic carbocycles. The molecule has 0 spiro atoms. The molecule has 5 N–H and O–H groups in total. The number of nitrogens with zero attached hydrogens (tertiary/aromatic N) is 2. The Hall–Kier alpha value is -5.74. The minimum absolute atomic E-state index is 0.00540. The number of carbonyl (C=O) groups excluding carboxylic acids is 4. The first-order chi connectivity index (χ1) is 30.9. The second-order valence-corrected chi connectivity index (χ2v) is 20.3. The van der Waals surface area contributed by atoms with Crippen molar-refractivity contribution in [1.82, 2.24) is 25.2 Å². The van der Waals surface area contributed by atoms with E-state index in [2.05, 4.69) is 40.1 Å². The number of aromatic nitrogens is 1. The predicted octanol–water partition coefficient (Wildman–Crippen LogP) is 8.43. The molecule has 3 aliphatic rings. The molecular formula is C50H61N5O9S.